The molecule has 0 atom stereocenters. The number of amides is 3. The molecule has 1 aromatic heterocycles. The van der Waals surface area contributed by atoms with E-state index in [4.69, 9.17) is 0 Å². The molecule has 1 heterocycles. The maximum atomic E-state index is 12.6. The fraction of sp³-hybridized carbons (Fsp3) is 0.111. The summed E-state index contributed by atoms with van der Waals surface area (Å²) in [5.41, 5.74) is 0.781. The zero-order valence-electron chi connectivity index (χ0n) is 14.1. The van der Waals surface area contributed by atoms with Crippen molar-refractivity contribution in [1.82, 2.24) is 10.3 Å². The lowest BCUT2D eigenvalue weighted by atomic mass is 10.1. The zero-order chi connectivity index (χ0) is 19.6. The minimum atomic E-state index is -4.44. The highest BCUT2D eigenvalue weighted by Gasteiger charge is 2.30. The molecule has 3 amide bonds. The SMILES string of the molecule is CNC(=O)c1cc(NC(=O)Nc2ccc(C(F)(F)F)cc2)cc2[nH]ccc12. The number of benzene rings is 2. The van der Waals surface area contributed by atoms with E-state index in [1.54, 1.807) is 18.3 Å². The highest BCUT2D eigenvalue weighted by atomic mass is 19.4. The maximum absolute atomic E-state index is 12.6. The molecule has 0 saturated heterocycles. The average Bonchev–Trinajstić information content (AvgIpc) is 3.08. The number of nitrogens with one attached hydrogen (secondary N) is 4. The molecule has 0 saturated carbocycles. The number of aromatic amines is 1. The van der Waals surface area contributed by atoms with Crippen LogP contribution in [0.15, 0.2) is 48.7 Å². The van der Waals surface area contributed by atoms with Crippen LogP contribution < -0.4 is 16.0 Å². The van der Waals surface area contributed by atoms with Gasteiger partial charge < -0.3 is 20.9 Å². The minimum absolute atomic E-state index is 0.202. The second kappa shape index (κ2) is 7.02. The molecule has 0 radical (unpaired) electrons. The molecule has 9 heteroatoms. The largest absolute Gasteiger partial charge is 0.416 e. The number of H-pyrrole nitrogens is 1. The number of urea groups is 1. The van der Waals surface area contributed by atoms with Crippen LogP contribution in [0.5, 0.6) is 0 Å². The van der Waals surface area contributed by atoms with Crippen molar-refractivity contribution >= 4 is 34.2 Å². The highest BCUT2D eigenvalue weighted by Crippen LogP contribution is 2.30. The number of carbonyl (C=O) groups excluding carboxylic acids is 2. The van der Waals surface area contributed by atoms with Gasteiger partial charge in [0, 0.05) is 35.5 Å². The lowest BCUT2D eigenvalue weighted by molar-refractivity contribution is -0.137. The number of fused-ring (bicyclic) bond motifs is 1. The second-order valence-corrected chi connectivity index (χ2v) is 5.70. The summed E-state index contributed by atoms with van der Waals surface area (Å²) in [6.45, 7) is 0. The van der Waals surface area contributed by atoms with Gasteiger partial charge in [-0.15, -0.1) is 0 Å². The van der Waals surface area contributed by atoms with Crippen LogP contribution in [0.4, 0.5) is 29.3 Å². The van der Waals surface area contributed by atoms with Crippen LogP contribution in [0.25, 0.3) is 10.9 Å². The van der Waals surface area contributed by atoms with Crippen molar-refractivity contribution in [3.05, 3.63) is 59.8 Å². The van der Waals surface area contributed by atoms with E-state index in [2.05, 4.69) is 20.9 Å². The Balaban J connectivity index is 1.77. The smallest absolute Gasteiger partial charge is 0.361 e. The number of halogens is 3. The fourth-order valence-electron chi connectivity index (χ4n) is 2.60. The molecule has 0 fully saturated rings. The Kier molecular flexibility index (Phi) is 4.76. The molecule has 0 unspecified atom stereocenters. The molecular weight excluding hydrogens is 361 g/mol. The van der Waals surface area contributed by atoms with Crippen molar-refractivity contribution in [2.24, 2.45) is 0 Å². The number of hydrogen-bond acceptors (Lipinski definition) is 2. The zero-order valence-corrected chi connectivity index (χ0v) is 14.1. The molecule has 0 bridgehead atoms. The molecule has 0 aliphatic carbocycles. The molecule has 0 aliphatic heterocycles. The molecule has 140 valence electrons. The third-order valence-electron chi connectivity index (χ3n) is 3.87. The molecule has 2 aromatic carbocycles. The molecule has 3 rings (SSSR count). The standard InChI is InChI=1S/C18H15F3N4O2/c1-22-16(26)14-8-12(9-15-13(14)6-7-23-15)25-17(27)24-11-4-2-10(3-5-11)18(19,20)21/h2-9,23H,1H3,(H,22,26)(H2,24,25,27). The van der Waals surface area contributed by atoms with E-state index in [-0.39, 0.29) is 11.6 Å². The molecule has 4 N–H and O–H groups in total. The quantitative estimate of drug-likeness (QED) is 0.553. The summed E-state index contributed by atoms with van der Waals surface area (Å²) >= 11 is 0. The molecule has 27 heavy (non-hydrogen) atoms. The summed E-state index contributed by atoms with van der Waals surface area (Å²) in [5.74, 6) is -0.314. The van der Waals surface area contributed by atoms with E-state index in [0.717, 1.165) is 24.3 Å². The number of carbonyl (C=O) groups is 2. The van der Waals surface area contributed by atoms with E-state index >= 15 is 0 Å². The van der Waals surface area contributed by atoms with Crippen molar-refractivity contribution < 1.29 is 22.8 Å². The van der Waals surface area contributed by atoms with Gasteiger partial charge in [-0.1, -0.05) is 0 Å². The van der Waals surface area contributed by atoms with Crippen molar-refractivity contribution in [3.8, 4) is 0 Å². The number of rotatable bonds is 3. The normalized spacial score (nSPS) is 11.3. The first-order valence-electron chi connectivity index (χ1n) is 7.86. The third kappa shape index (κ3) is 4.02. The maximum Gasteiger partial charge on any atom is 0.416 e. The van der Waals surface area contributed by atoms with E-state index < -0.39 is 17.8 Å². The number of anilines is 2. The van der Waals surface area contributed by atoms with Gasteiger partial charge in [0.1, 0.15) is 0 Å². The molecular formula is C18H15F3N4O2. The predicted molar refractivity (Wildman–Crippen MR) is 95.8 cm³/mol. The van der Waals surface area contributed by atoms with Crippen molar-refractivity contribution in [2.75, 3.05) is 17.7 Å². The first kappa shape index (κ1) is 18.3. The van der Waals surface area contributed by atoms with E-state index in [1.165, 1.54) is 13.1 Å². The number of alkyl halides is 3. The van der Waals surface area contributed by atoms with Gasteiger partial charge in [-0.05, 0) is 42.5 Å². The molecule has 6 nitrogen and oxygen atoms in total. The Hall–Kier alpha value is -3.49. The fourth-order valence-corrected chi connectivity index (χ4v) is 2.60. The predicted octanol–water partition coefficient (Wildman–Crippen LogP) is 4.19. The lowest BCUT2D eigenvalue weighted by Gasteiger charge is -2.11. The average molecular weight is 376 g/mol. The van der Waals surface area contributed by atoms with Crippen molar-refractivity contribution in [2.45, 2.75) is 6.18 Å². The Bertz CT molecular complexity index is 994. The van der Waals surface area contributed by atoms with Crippen LogP contribution in [0.2, 0.25) is 0 Å². The summed E-state index contributed by atoms with van der Waals surface area (Å²) in [7, 11) is 1.50. The van der Waals surface area contributed by atoms with E-state index in [0.29, 0.717) is 22.2 Å². The minimum Gasteiger partial charge on any atom is -0.361 e. The van der Waals surface area contributed by atoms with Crippen LogP contribution in [0, 0.1) is 0 Å². The Morgan fingerprint density at radius 3 is 2.26 bits per heavy atom. The van der Waals surface area contributed by atoms with Gasteiger partial charge in [0.05, 0.1) is 11.1 Å². The van der Waals surface area contributed by atoms with E-state index in [9.17, 15) is 22.8 Å². The van der Waals surface area contributed by atoms with Crippen LogP contribution in [-0.4, -0.2) is 24.0 Å². The van der Waals surface area contributed by atoms with Crippen LogP contribution >= 0.6 is 0 Å². The van der Waals surface area contributed by atoms with Crippen molar-refractivity contribution in [1.29, 1.82) is 0 Å². The Labute approximate surface area is 151 Å². The van der Waals surface area contributed by atoms with Crippen molar-refractivity contribution in [3.63, 3.8) is 0 Å². The summed E-state index contributed by atoms with van der Waals surface area (Å²) < 4.78 is 37.7. The summed E-state index contributed by atoms with van der Waals surface area (Å²) in [6.07, 6.45) is -2.77. The van der Waals surface area contributed by atoms with Gasteiger partial charge in [-0.3, -0.25) is 4.79 Å². The molecule has 0 spiro atoms. The Morgan fingerprint density at radius 1 is 0.963 bits per heavy atom. The molecule has 0 aliphatic rings. The van der Waals surface area contributed by atoms with Crippen LogP contribution in [-0.2, 0) is 6.18 Å². The summed E-state index contributed by atoms with van der Waals surface area (Å²) in [6, 6.07) is 8.33. The first-order valence-corrected chi connectivity index (χ1v) is 7.86. The third-order valence-corrected chi connectivity index (χ3v) is 3.87. The van der Waals surface area contributed by atoms with Crippen LogP contribution in [0.1, 0.15) is 15.9 Å². The van der Waals surface area contributed by atoms with Gasteiger partial charge in [0.15, 0.2) is 0 Å². The van der Waals surface area contributed by atoms with Gasteiger partial charge in [-0.2, -0.15) is 13.2 Å². The van der Waals surface area contributed by atoms with Gasteiger partial charge in [0.2, 0.25) is 0 Å². The second-order valence-electron chi connectivity index (χ2n) is 5.70. The van der Waals surface area contributed by atoms with E-state index in [1.807, 2.05) is 0 Å². The number of hydrogen-bond donors (Lipinski definition) is 4. The number of aromatic nitrogens is 1. The van der Waals surface area contributed by atoms with Crippen LogP contribution in [0.3, 0.4) is 0 Å². The highest BCUT2D eigenvalue weighted by molar-refractivity contribution is 6.09. The molecule has 3 aromatic rings. The monoisotopic (exact) mass is 376 g/mol. The summed E-state index contributed by atoms with van der Waals surface area (Å²) in [4.78, 5) is 27.1. The summed E-state index contributed by atoms with van der Waals surface area (Å²) in [5, 5.41) is 8.23. The first-order chi connectivity index (χ1) is 12.8. The van der Waals surface area contributed by atoms with Gasteiger partial charge in [-0.25, -0.2) is 4.79 Å². The van der Waals surface area contributed by atoms with Gasteiger partial charge in [0.25, 0.3) is 5.91 Å². The Morgan fingerprint density at radius 2 is 1.63 bits per heavy atom. The topological polar surface area (TPSA) is 86.0 Å². The lowest BCUT2D eigenvalue weighted by Crippen LogP contribution is -2.21. The van der Waals surface area contributed by atoms with Gasteiger partial charge >= 0.3 is 12.2 Å².